The number of hydrogen-bond acceptors (Lipinski definition) is 3. The van der Waals surface area contributed by atoms with Gasteiger partial charge in [-0.05, 0) is 34.1 Å². The van der Waals surface area contributed by atoms with Crippen molar-refractivity contribution in [1.29, 1.82) is 0 Å². The molecule has 0 aliphatic rings. The Morgan fingerprint density at radius 3 is 2.57 bits per heavy atom. The molecule has 2 aromatic carbocycles. The number of alkyl halides is 2. The van der Waals surface area contributed by atoms with Gasteiger partial charge in [-0.25, -0.2) is 0 Å². The van der Waals surface area contributed by atoms with Gasteiger partial charge in [0, 0.05) is 22.3 Å². The first-order chi connectivity index (χ1) is 10.1. The van der Waals surface area contributed by atoms with Crippen molar-refractivity contribution in [2.45, 2.75) is 13.2 Å². The van der Waals surface area contributed by atoms with Gasteiger partial charge in [-0.2, -0.15) is 8.78 Å². The Labute approximate surface area is 130 Å². The third-order valence-electron chi connectivity index (χ3n) is 2.83. The van der Waals surface area contributed by atoms with Crippen LogP contribution in [0.3, 0.4) is 0 Å². The van der Waals surface area contributed by atoms with E-state index < -0.39 is 6.61 Å². The van der Waals surface area contributed by atoms with E-state index in [0.29, 0.717) is 12.1 Å². The van der Waals surface area contributed by atoms with Crippen molar-refractivity contribution < 1.29 is 18.3 Å². The van der Waals surface area contributed by atoms with Crippen molar-refractivity contribution in [2.24, 2.45) is 0 Å². The van der Waals surface area contributed by atoms with Gasteiger partial charge >= 0.3 is 6.61 Å². The first-order valence-electron chi connectivity index (χ1n) is 6.21. The first-order valence-corrected chi connectivity index (χ1v) is 7.00. The molecule has 2 aromatic rings. The summed E-state index contributed by atoms with van der Waals surface area (Å²) in [7, 11) is 1.42. The lowest BCUT2D eigenvalue weighted by atomic mass is 10.1. The van der Waals surface area contributed by atoms with Crippen molar-refractivity contribution in [3.8, 4) is 11.5 Å². The summed E-state index contributed by atoms with van der Waals surface area (Å²) in [4.78, 5) is 0. The number of hydrogen-bond donors (Lipinski definition) is 1. The molecule has 0 bridgehead atoms. The maximum Gasteiger partial charge on any atom is 0.387 e. The summed E-state index contributed by atoms with van der Waals surface area (Å²) in [5.41, 5.74) is 1.45. The van der Waals surface area contributed by atoms with Gasteiger partial charge in [0.2, 0.25) is 0 Å². The topological polar surface area (TPSA) is 30.5 Å². The molecule has 2 rings (SSSR count). The second kappa shape index (κ2) is 7.26. The number of methoxy groups -OCH3 is 1. The molecule has 112 valence electrons. The highest BCUT2D eigenvalue weighted by atomic mass is 79.9. The van der Waals surface area contributed by atoms with E-state index in [9.17, 15) is 8.78 Å². The van der Waals surface area contributed by atoms with Crippen LogP contribution < -0.4 is 14.8 Å². The van der Waals surface area contributed by atoms with Crippen molar-refractivity contribution >= 4 is 21.6 Å². The summed E-state index contributed by atoms with van der Waals surface area (Å²) in [6.07, 6.45) is 0. The van der Waals surface area contributed by atoms with E-state index in [4.69, 9.17) is 4.74 Å². The Balaban J connectivity index is 2.21. The van der Waals surface area contributed by atoms with Gasteiger partial charge in [-0.3, -0.25) is 0 Å². The van der Waals surface area contributed by atoms with E-state index in [1.54, 1.807) is 18.2 Å². The lowest BCUT2D eigenvalue weighted by molar-refractivity contribution is -0.0517. The smallest absolute Gasteiger partial charge is 0.387 e. The van der Waals surface area contributed by atoms with Crippen LogP contribution in [0.2, 0.25) is 0 Å². The van der Waals surface area contributed by atoms with Crippen molar-refractivity contribution in [3.63, 3.8) is 0 Å². The fraction of sp³-hybridized carbons (Fsp3) is 0.200. The fourth-order valence-electron chi connectivity index (χ4n) is 1.88. The van der Waals surface area contributed by atoms with Crippen molar-refractivity contribution in [3.05, 3.63) is 52.5 Å². The molecule has 0 aromatic heterocycles. The van der Waals surface area contributed by atoms with Gasteiger partial charge < -0.3 is 14.8 Å². The third kappa shape index (κ3) is 4.07. The van der Waals surface area contributed by atoms with Crippen LogP contribution >= 0.6 is 15.9 Å². The fourth-order valence-corrected chi connectivity index (χ4v) is 2.30. The number of halogens is 3. The minimum absolute atomic E-state index is 0.0505. The van der Waals surface area contributed by atoms with Gasteiger partial charge in [0.05, 0.1) is 7.11 Å². The Kier molecular flexibility index (Phi) is 5.38. The highest BCUT2D eigenvalue weighted by Crippen LogP contribution is 2.33. The van der Waals surface area contributed by atoms with Crippen molar-refractivity contribution in [1.82, 2.24) is 0 Å². The Hall–Kier alpha value is -1.82. The molecule has 0 spiro atoms. The van der Waals surface area contributed by atoms with Crippen LogP contribution in [0.4, 0.5) is 14.5 Å². The average Bonchev–Trinajstić information content (AvgIpc) is 2.47. The highest BCUT2D eigenvalue weighted by molar-refractivity contribution is 9.10. The quantitative estimate of drug-likeness (QED) is 0.814. The molecule has 0 amide bonds. The van der Waals surface area contributed by atoms with E-state index in [-0.39, 0.29) is 11.5 Å². The molecule has 0 saturated carbocycles. The monoisotopic (exact) mass is 357 g/mol. The predicted molar refractivity (Wildman–Crippen MR) is 81.1 cm³/mol. The van der Waals surface area contributed by atoms with Crippen LogP contribution in [0.25, 0.3) is 0 Å². The summed E-state index contributed by atoms with van der Waals surface area (Å²) in [6, 6.07) is 12.6. The third-order valence-corrected chi connectivity index (χ3v) is 3.52. The molecule has 3 nitrogen and oxygen atoms in total. The van der Waals surface area contributed by atoms with E-state index in [2.05, 4.69) is 26.0 Å². The summed E-state index contributed by atoms with van der Waals surface area (Å²) in [5, 5.41) is 3.17. The largest absolute Gasteiger partial charge is 0.493 e. The summed E-state index contributed by atoms with van der Waals surface area (Å²) >= 11 is 3.42. The molecular weight excluding hydrogens is 344 g/mol. The molecule has 6 heteroatoms. The molecule has 21 heavy (non-hydrogen) atoms. The van der Waals surface area contributed by atoms with Crippen LogP contribution in [0.15, 0.2) is 46.9 Å². The number of para-hydroxylation sites is 2. The molecule has 0 fully saturated rings. The Bertz CT molecular complexity index is 608. The standard InChI is InChI=1S/C15H14BrF2NO2/c1-20-13-8-4-5-10(14(13)21-15(17)18)9-19-12-7-3-2-6-11(12)16/h2-8,15,19H,9H2,1H3. The number of nitrogens with one attached hydrogen (secondary N) is 1. The summed E-state index contributed by atoms with van der Waals surface area (Å²) < 4.78 is 35.6. The van der Waals surface area contributed by atoms with Crippen LogP contribution in [0.5, 0.6) is 11.5 Å². The lowest BCUT2D eigenvalue weighted by Gasteiger charge is -2.15. The zero-order valence-electron chi connectivity index (χ0n) is 11.3. The van der Waals surface area contributed by atoms with Gasteiger partial charge in [0.15, 0.2) is 11.5 Å². The number of anilines is 1. The SMILES string of the molecule is COc1cccc(CNc2ccccc2Br)c1OC(F)F. The molecule has 0 unspecified atom stereocenters. The Morgan fingerprint density at radius 1 is 1.14 bits per heavy atom. The highest BCUT2D eigenvalue weighted by Gasteiger charge is 2.15. The van der Waals surface area contributed by atoms with Gasteiger partial charge in [-0.15, -0.1) is 0 Å². The van der Waals surface area contributed by atoms with Gasteiger partial charge in [0.1, 0.15) is 0 Å². The normalized spacial score (nSPS) is 10.5. The average molecular weight is 358 g/mol. The minimum atomic E-state index is -2.90. The van der Waals surface area contributed by atoms with Gasteiger partial charge in [0.25, 0.3) is 0 Å². The zero-order valence-corrected chi connectivity index (χ0v) is 12.9. The molecular formula is C15H14BrF2NO2. The Morgan fingerprint density at radius 2 is 1.90 bits per heavy atom. The molecule has 0 aliphatic heterocycles. The number of rotatable bonds is 6. The van der Waals surface area contributed by atoms with Gasteiger partial charge in [-0.1, -0.05) is 24.3 Å². The maximum atomic E-state index is 12.5. The number of ether oxygens (including phenoxy) is 2. The first kappa shape index (κ1) is 15.6. The molecule has 1 N–H and O–H groups in total. The maximum absolute atomic E-state index is 12.5. The van der Waals surface area contributed by atoms with Crippen LogP contribution in [-0.4, -0.2) is 13.7 Å². The number of benzene rings is 2. The van der Waals surface area contributed by atoms with E-state index >= 15 is 0 Å². The summed E-state index contributed by atoms with van der Waals surface area (Å²) in [6.45, 7) is -2.56. The molecule has 0 heterocycles. The van der Waals surface area contributed by atoms with Crippen LogP contribution in [-0.2, 0) is 6.54 Å². The minimum Gasteiger partial charge on any atom is -0.493 e. The molecule has 0 radical (unpaired) electrons. The molecule has 0 atom stereocenters. The molecule has 0 saturated heterocycles. The van der Waals surface area contributed by atoms with Crippen LogP contribution in [0.1, 0.15) is 5.56 Å². The van der Waals surface area contributed by atoms with Crippen molar-refractivity contribution in [2.75, 3.05) is 12.4 Å². The lowest BCUT2D eigenvalue weighted by Crippen LogP contribution is -2.08. The van der Waals surface area contributed by atoms with E-state index in [0.717, 1.165) is 10.2 Å². The predicted octanol–water partition coefficient (Wildman–Crippen LogP) is 4.67. The summed E-state index contributed by atoms with van der Waals surface area (Å²) in [5.74, 6) is 0.330. The van der Waals surface area contributed by atoms with Crippen LogP contribution in [0, 0.1) is 0 Å². The van der Waals surface area contributed by atoms with E-state index in [1.165, 1.54) is 7.11 Å². The zero-order chi connectivity index (χ0) is 15.2. The molecule has 0 aliphatic carbocycles. The second-order valence-corrected chi connectivity index (χ2v) is 5.01. The van der Waals surface area contributed by atoms with E-state index in [1.807, 2.05) is 24.3 Å². The second-order valence-electron chi connectivity index (χ2n) is 4.16.